The van der Waals surface area contributed by atoms with Gasteiger partial charge >= 0.3 is 0 Å². The highest BCUT2D eigenvalue weighted by atomic mass is 35.5. The van der Waals surface area contributed by atoms with Crippen molar-refractivity contribution in [2.24, 2.45) is 16.8 Å². The Morgan fingerprint density at radius 3 is 1.86 bits per heavy atom. The summed E-state index contributed by atoms with van der Waals surface area (Å²) in [7, 11) is 0. The molecule has 0 bridgehead atoms. The summed E-state index contributed by atoms with van der Waals surface area (Å²) in [6.45, 7) is 3.49. The molecule has 5 rings (SSSR count). The van der Waals surface area contributed by atoms with Crippen molar-refractivity contribution in [3.8, 4) is 0 Å². The van der Waals surface area contributed by atoms with E-state index in [1.165, 1.54) is 5.01 Å². The molecule has 6 nitrogen and oxygen atoms in total. The molecule has 3 aromatic rings. The predicted octanol–water partition coefficient (Wildman–Crippen LogP) is 5.96. The molecule has 1 fully saturated rings. The summed E-state index contributed by atoms with van der Waals surface area (Å²) in [5.41, 5.74) is 6.03. The van der Waals surface area contributed by atoms with Crippen molar-refractivity contribution in [3.63, 3.8) is 0 Å². The van der Waals surface area contributed by atoms with Gasteiger partial charge in [0.25, 0.3) is 5.91 Å². The first-order valence-corrected chi connectivity index (χ1v) is 12.6. The van der Waals surface area contributed by atoms with E-state index in [0.717, 1.165) is 0 Å². The number of ketones is 2. The Labute approximate surface area is 224 Å². The van der Waals surface area contributed by atoms with E-state index in [9.17, 15) is 14.4 Å². The number of amides is 1. The lowest BCUT2D eigenvalue weighted by atomic mass is 9.81. The summed E-state index contributed by atoms with van der Waals surface area (Å²) in [6, 6.07) is 22.4. The van der Waals surface area contributed by atoms with Crippen molar-refractivity contribution >= 4 is 52.1 Å². The summed E-state index contributed by atoms with van der Waals surface area (Å²) in [4.78, 5) is 45.4. The number of rotatable bonds is 7. The lowest BCUT2D eigenvalue weighted by Gasteiger charge is -2.21. The highest BCUT2D eigenvalue weighted by Crippen LogP contribution is 2.37. The zero-order valence-electron chi connectivity index (χ0n) is 20.1. The zero-order chi connectivity index (χ0) is 26.3. The summed E-state index contributed by atoms with van der Waals surface area (Å²) in [5.74, 6) is -2.07. The minimum atomic E-state index is -0.720. The molecule has 2 heterocycles. The van der Waals surface area contributed by atoms with Crippen LogP contribution in [-0.4, -0.2) is 29.4 Å². The molecule has 0 spiro atoms. The van der Waals surface area contributed by atoms with Crippen LogP contribution in [0.2, 0.25) is 10.0 Å². The summed E-state index contributed by atoms with van der Waals surface area (Å²) in [6.07, 6.45) is -0.696. The van der Waals surface area contributed by atoms with Crippen LogP contribution in [0, 0.1) is 11.8 Å². The molecule has 1 saturated heterocycles. The number of nitrogens with zero attached hydrogens (tertiary/aromatic N) is 2. The molecule has 3 atom stereocenters. The van der Waals surface area contributed by atoms with Gasteiger partial charge in [0.15, 0.2) is 11.6 Å². The van der Waals surface area contributed by atoms with E-state index in [1.807, 2.05) is 30.3 Å². The number of hydrogen-bond donors (Lipinski definition) is 1. The number of carbonyl (C=O) groups is 3. The topological polar surface area (TPSA) is 78.8 Å². The molecule has 0 aromatic heterocycles. The van der Waals surface area contributed by atoms with Gasteiger partial charge in [-0.3, -0.25) is 19.4 Å². The van der Waals surface area contributed by atoms with Crippen LogP contribution in [0.5, 0.6) is 0 Å². The van der Waals surface area contributed by atoms with Gasteiger partial charge in [0.2, 0.25) is 0 Å². The van der Waals surface area contributed by atoms with Crippen LogP contribution in [0.25, 0.3) is 0 Å². The van der Waals surface area contributed by atoms with Gasteiger partial charge in [-0.05, 0) is 73.2 Å². The molecule has 1 N–H and O–H groups in total. The van der Waals surface area contributed by atoms with Crippen LogP contribution in [0.4, 0.5) is 5.69 Å². The smallest absolute Gasteiger partial charge is 0.272 e. The summed E-state index contributed by atoms with van der Waals surface area (Å²) >= 11 is 12.0. The normalized spacial score (nSPS) is 18.5. The fourth-order valence-corrected chi connectivity index (χ4v) is 4.99. The van der Waals surface area contributed by atoms with E-state index in [1.54, 1.807) is 62.4 Å². The fourth-order valence-electron chi connectivity index (χ4n) is 4.74. The van der Waals surface area contributed by atoms with Crippen molar-refractivity contribution < 1.29 is 14.4 Å². The third-order valence-electron chi connectivity index (χ3n) is 6.69. The Morgan fingerprint density at radius 1 is 0.811 bits per heavy atom. The first-order valence-electron chi connectivity index (χ1n) is 11.8. The minimum absolute atomic E-state index is 0.174. The van der Waals surface area contributed by atoms with Crippen molar-refractivity contribution in [2.45, 2.75) is 20.0 Å². The number of Topliss-reactive ketones (excluding diaryl/α,β-unsaturated/α-hetero) is 2. The Kier molecular flexibility index (Phi) is 6.82. The number of aliphatic imine (C=N–C) groups is 1. The van der Waals surface area contributed by atoms with Gasteiger partial charge in [-0.2, -0.15) is 5.43 Å². The average Bonchev–Trinajstić information content (AvgIpc) is 3.45. The highest BCUT2D eigenvalue weighted by molar-refractivity contribution is 6.31. The molecule has 2 aliphatic rings. The van der Waals surface area contributed by atoms with E-state index in [2.05, 4.69) is 5.43 Å². The Balaban J connectivity index is 1.55. The van der Waals surface area contributed by atoms with Crippen LogP contribution < -0.4 is 10.4 Å². The van der Waals surface area contributed by atoms with Crippen LogP contribution in [0.15, 0.2) is 95.0 Å². The number of hydrogen-bond acceptors (Lipinski definition) is 5. The number of para-hydroxylation sites is 1. The molecule has 0 saturated carbocycles. The number of fused-ring (bicyclic) bond motifs is 1. The number of halogens is 2. The van der Waals surface area contributed by atoms with E-state index in [-0.39, 0.29) is 17.5 Å². The molecule has 37 heavy (non-hydrogen) atoms. The first-order chi connectivity index (χ1) is 17.8. The number of nitrogens with one attached hydrogen (secondary N) is 1. The summed E-state index contributed by atoms with van der Waals surface area (Å²) < 4.78 is 0. The van der Waals surface area contributed by atoms with Crippen molar-refractivity contribution in [1.82, 2.24) is 5.43 Å². The van der Waals surface area contributed by atoms with E-state index >= 15 is 0 Å². The number of carbonyl (C=O) groups excluding carboxylic acids is 3. The molecular weight excluding hydrogens is 509 g/mol. The Hall–Kier alpha value is -3.58. The highest BCUT2D eigenvalue weighted by Gasteiger charge is 2.46. The molecule has 0 radical (unpaired) electrons. The maximum absolute atomic E-state index is 13.7. The van der Waals surface area contributed by atoms with Gasteiger partial charge in [-0.25, -0.2) is 5.01 Å². The predicted molar refractivity (Wildman–Crippen MR) is 145 cm³/mol. The minimum Gasteiger partial charge on any atom is -0.294 e. The van der Waals surface area contributed by atoms with Gasteiger partial charge in [-0.15, -0.1) is 0 Å². The van der Waals surface area contributed by atoms with Crippen molar-refractivity contribution in [2.75, 3.05) is 5.01 Å². The van der Waals surface area contributed by atoms with Crippen LogP contribution in [0.3, 0.4) is 0 Å². The zero-order valence-corrected chi connectivity index (χ0v) is 21.6. The van der Waals surface area contributed by atoms with Gasteiger partial charge in [0.05, 0.1) is 22.9 Å². The van der Waals surface area contributed by atoms with E-state index in [4.69, 9.17) is 28.2 Å². The van der Waals surface area contributed by atoms with Gasteiger partial charge in [0, 0.05) is 27.1 Å². The maximum atomic E-state index is 13.7. The summed E-state index contributed by atoms with van der Waals surface area (Å²) in [5, 5.41) is 2.48. The van der Waals surface area contributed by atoms with Crippen LogP contribution >= 0.6 is 23.2 Å². The average molecular weight is 532 g/mol. The Morgan fingerprint density at radius 2 is 1.32 bits per heavy atom. The number of anilines is 1. The number of allylic oxidation sites excluding steroid dienone is 1. The first kappa shape index (κ1) is 25.1. The molecule has 8 heteroatoms. The van der Waals surface area contributed by atoms with Crippen molar-refractivity contribution in [1.29, 1.82) is 0 Å². The number of benzene rings is 3. The third-order valence-corrected chi connectivity index (χ3v) is 7.20. The standard InChI is InChI=1S/C29H23Cl2N3O3/c1-16(26(35)18-8-12-20(30)13-9-18)23-24-28(33-34(29(24)37)22-6-4-3-5-7-22)32-25(23)17(2)27(36)19-10-14-21(31)15-11-19/h3-17,28,33H,1-2H3/t16-,17+,28+/m0/s1. The second-order valence-corrected chi connectivity index (χ2v) is 9.91. The maximum Gasteiger partial charge on any atom is 0.272 e. The number of hydrazine groups is 1. The van der Waals surface area contributed by atoms with E-state index in [0.29, 0.717) is 43.7 Å². The quantitative estimate of drug-likeness (QED) is 0.381. The molecule has 0 unspecified atom stereocenters. The second-order valence-electron chi connectivity index (χ2n) is 9.04. The Bertz CT molecular complexity index is 1450. The van der Waals surface area contributed by atoms with Crippen LogP contribution in [-0.2, 0) is 4.79 Å². The molecule has 0 aliphatic carbocycles. The largest absolute Gasteiger partial charge is 0.294 e. The van der Waals surface area contributed by atoms with Gasteiger partial charge in [0.1, 0.15) is 6.17 Å². The lowest BCUT2D eigenvalue weighted by molar-refractivity contribution is -0.114. The van der Waals surface area contributed by atoms with Crippen LogP contribution in [0.1, 0.15) is 34.6 Å². The van der Waals surface area contributed by atoms with Gasteiger partial charge in [-0.1, -0.05) is 48.3 Å². The van der Waals surface area contributed by atoms with Gasteiger partial charge < -0.3 is 0 Å². The lowest BCUT2D eigenvalue weighted by Crippen LogP contribution is -2.38. The SMILES string of the molecule is C[C@H](C(=O)c1ccc(Cl)cc1)C1=C2C(=O)N(c3ccccc3)N[C@H]2N=C1[C@@H](C)C(=O)c1ccc(Cl)cc1. The molecular formula is C29H23Cl2N3O3. The molecule has 2 aliphatic heterocycles. The molecule has 3 aromatic carbocycles. The fraction of sp³-hybridized carbons (Fsp3) is 0.172. The molecule has 1 amide bonds. The molecule has 186 valence electrons. The monoisotopic (exact) mass is 531 g/mol. The third kappa shape index (κ3) is 4.64. The second kappa shape index (κ2) is 10.1. The van der Waals surface area contributed by atoms with Crippen molar-refractivity contribution in [3.05, 3.63) is 111 Å². The van der Waals surface area contributed by atoms with E-state index < -0.39 is 18.0 Å².